The van der Waals surface area contributed by atoms with Gasteiger partial charge >= 0.3 is 0 Å². The fraction of sp³-hybridized carbons (Fsp3) is 0.500. The second-order valence-electron chi connectivity index (χ2n) is 4.08. The van der Waals surface area contributed by atoms with Crippen LogP contribution in [0, 0.1) is 34.0 Å². The minimum atomic E-state index is -0.640. The van der Waals surface area contributed by atoms with Crippen molar-refractivity contribution in [1.82, 2.24) is 14.9 Å². The summed E-state index contributed by atoms with van der Waals surface area (Å²) in [5.41, 5.74) is -0.271. The summed E-state index contributed by atoms with van der Waals surface area (Å²) in [5.74, 6) is 0. The van der Waals surface area contributed by atoms with Gasteiger partial charge < -0.3 is 4.57 Å². The summed E-state index contributed by atoms with van der Waals surface area (Å²) in [7, 11) is 0. The second-order valence-corrected chi connectivity index (χ2v) is 4.08. The predicted molar refractivity (Wildman–Crippen MR) is 64.0 cm³/mol. The molecule has 0 fully saturated rings. The van der Waals surface area contributed by atoms with E-state index in [0.717, 1.165) is 0 Å². The van der Waals surface area contributed by atoms with Crippen molar-refractivity contribution in [3.63, 3.8) is 0 Å². The van der Waals surface area contributed by atoms with Gasteiger partial charge in [-0.3, -0.25) is 5.32 Å². The minimum Gasteiger partial charge on any atom is -0.321 e. The summed E-state index contributed by atoms with van der Waals surface area (Å²) in [6.45, 7) is 4.91. The Labute approximate surface area is 106 Å². The van der Waals surface area contributed by atoms with Crippen LogP contribution in [-0.2, 0) is 6.54 Å². The summed E-state index contributed by atoms with van der Waals surface area (Å²) in [6.07, 6.45) is 1.99. The zero-order valence-electron chi connectivity index (χ0n) is 10.4. The topological polar surface area (TPSA) is 101 Å². The van der Waals surface area contributed by atoms with Gasteiger partial charge in [-0.1, -0.05) is 6.92 Å². The van der Waals surface area contributed by atoms with E-state index in [-0.39, 0.29) is 11.4 Å². The highest BCUT2D eigenvalue weighted by Crippen LogP contribution is 2.12. The first-order valence-electron chi connectivity index (χ1n) is 5.61. The maximum Gasteiger partial charge on any atom is 0.176 e. The number of nitriles is 3. The van der Waals surface area contributed by atoms with Gasteiger partial charge in [-0.25, -0.2) is 4.98 Å². The lowest BCUT2D eigenvalue weighted by Crippen LogP contribution is -2.41. The number of aryl methyl sites for hydroxylation is 1. The van der Waals surface area contributed by atoms with Crippen LogP contribution in [0.4, 0.5) is 0 Å². The average Bonchev–Trinajstić information content (AvgIpc) is 2.78. The van der Waals surface area contributed by atoms with E-state index in [1.807, 2.05) is 26.0 Å². The molecule has 0 radical (unpaired) electrons. The van der Waals surface area contributed by atoms with Crippen molar-refractivity contribution in [2.75, 3.05) is 6.54 Å². The normalized spacial score (nSPS) is 13.1. The molecule has 0 bridgehead atoms. The summed E-state index contributed by atoms with van der Waals surface area (Å²) in [6, 6.07) is 6.04. The molecule has 0 saturated heterocycles. The number of hydrogen-bond acceptors (Lipinski definition) is 5. The third-order valence-corrected chi connectivity index (χ3v) is 2.72. The van der Waals surface area contributed by atoms with E-state index in [1.54, 1.807) is 4.57 Å². The highest BCUT2D eigenvalue weighted by Gasteiger charge is 2.22. The molecule has 18 heavy (non-hydrogen) atoms. The highest BCUT2D eigenvalue weighted by atomic mass is 15.1. The number of imidazole rings is 1. The first-order valence-corrected chi connectivity index (χ1v) is 5.61. The molecule has 1 N–H and O–H groups in total. The molecule has 6 heteroatoms. The van der Waals surface area contributed by atoms with Crippen LogP contribution >= 0.6 is 0 Å². The number of hydrogen-bond donors (Lipinski definition) is 1. The fourth-order valence-electron chi connectivity index (χ4n) is 1.67. The molecule has 0 aromatic carbocycles. The number of nitrogens with zero attached hydrogens (tertiary/aromatic N) is 5. The van der Waals surface area contributed by atoms with Crippen LogP contribution in [-0.4, -0.2) is 21.6 Å². The average molecular weight is 242 g/mol. The molecule has 6 nitrogen and oxygen atoms in total. The van der Waals surface area contributed by atoms with Gasteiger partial charge in [0.05, 0.1) is 12.4 Å². The molecule has 0 saturated carbocycles. The van der Waals surface area contributed by atoms with Crippen LogP contribution in [0.5, 0.6) is 0 Å². The fourth-order valence-corrected chi connectivity index (χ4v) is 1.67. The zero-order valence-corrected chi connectivity index (χ0v) is 10.4. The van der Waals surface area contributed by atoms with E-state index in [0.29, 0.717) is 19.5 Å². The van der Waals surface area contributed by atoms with Gasteiger partial charge in [0, 0.05) is 6.54 Å². The van der Waals surface area contributed by atoms with Crippen LogP contribution in [0.15, 0.2) is 6.33 Å². The van der Waals surface area contributed by atoms with E-state index in [9.17, 15) is 0 Å². The number of rotatable bonds is 5. The van der Waals surface area contributed by atoms with Gasteiger partial charge in [-0.2, -0.15) is 15.8 Å². The molecule has 1 aromatic rings. The molecule has 1 aromatic heterocycles. The van der Waals surface area contributed by atoms with Gasteiger partial charge in [0.25, 0.3) is 0 Å². The molecule has 1 unspecified atom stereocenters. The Morgan fingerprint density at radius 3 is 2.61 bits per heavy atom. The van der Waals surface area contributed by atoms with Crippen molar-refractivity contribution in [1.29, 1.82) is 15.8 Å². The smallest absolute Gasteiger partial charge is 0.176 e. The van der Waals surface area contributed by atoms with Crippen molar-refractivity contribution in [2.45, 2.75) is 32.4 Å². The molecule has 1 rings (SSSR count). The molecule has 0 amide bonds. The van der Waals surface area contributed by atoms with E-state index in [4.69, 9.17) is 15.8 Å². The minimum absolute atomic E-state index is 0.125. The first-order chi connectivity index (χ1) is 8.60. The Balaban J connectivity index is 2.82. The van der Waals surface area contributed by atoms with Crippen LogP contribution in [0.2, 0.25) is 0 Å². The quantitative estimate of drug-likeness (QED) is 0.826. The third-order valence-electron chi connectivity index (χ3n) is 2.72. The molecule has 92 valence electrons. The van der Waals surface area contributed by atoms with Crippen LogP contribution in [0.1, 0.15) is 31.7 Å². The highest BCUT2D eigenvalue weighted by molar-refractivity contribution is 5.36. The Hall–Kier alpha value is -2.36. The molecule has 0 spiro atoms. The lowest BCUT2D eigenvalue weighted by Gasteiger charge is -2.22. The third kappa shape index (κ3) is 2.85. The summed E-state index contributed by atoms with van der Waals surface area (Å²) in [4.78, 5) is 3.85. The predicted octanol–water partition coefficient (Wildman–Crippen LogP) is 0.908. The van der Waals surface area contributed by atoms with E-state index in [1.165, 1.54) is 6.33 Å². The van der Waals surface area contributed by atoms with E-state index < -0.39 is 5.54 Å². The van der Waals surface area contributed by atoms with Crippen molar-refractivity contribution in [3.05, 3.63) is 17.7 Å². The summed E-state index contributed by atoms with van der Waals surface area (Å²) < 4.78 is 1.60. The van der Waals surface area contributed by atoms with Crippen molar-refractivity contribution in [3.8, 4) is 18.2 Å². The van der Waals surface area contributed by atoms with E-state index >= 15 is 0 Å². The maximum absolute atomic E-state index is 9.12. The molecule has 0 aliphatic rings. The Morgan fingerprint density at radius 1 is 1.39 bits per heavy atom. The Bertz CT molecular complexity index is 538. The van der Waals surface area contributed by atoms with Gasteiger partial charge in [0.15, 0.2) is 11.4 Å². The van der Waals surface area contributed by atoms with Crippen LogP contribution in [0.25, 0.3) is 0 Å². The SMILES string of the molecule is CCNC(C)(C#N)CCn1cnc(C#N)c1C#N. The second kappa shape index (κ2) is 5.82. The molecular formula is C12H14N6. The number of aromatic nitrogens is 2. The van der Waals surface area contributed by atoms with Crippen LogP contribution in [0.3, 0.4) is 0 Å². The van der Waals surface area contributed by atoms with Crippen LogP contribution < -0.4 is 5.32 Å². The van der Waals surface area contributed by atoms with Gasteiger partial charge in [0.1, 0.15) is 17.7 Å². The molecule has 1 atom stereocenters. The van der Waals surface area contributed by atoms with Crippen molar-refractivity contribution >= 4 is 0 Å². The zero-order chi connectivity index (χ0) is 13.6. The number of nitrogens with one attached hydrogen (secondary N) is 1. The molecule has 0 aliphatic heterocycles. The van der Waals surface area contributed by atoms with Gasteiger partial charge in [-0.15, -0.1) is 0 Å². The Kier molecular flexibility index (Phi) is 4.43. The van der Waals surface area contributed by atoms with E-state index in [2.05, 4.69) is 16.4 Å². The molecule has 1 heterocycles. The first kappa shape index (κ1) is 13.7. The molecular weight excluding hydrogens is 228 g/mol. The molecule has 0 aliphatic carbocycles. The summed E-state index contributed by atoms with van der Waals surface area (Å²) >= 11 is 0. The van der Waals surface area contributed by atoms with Crippen molar-refractivity contribution in [2.24, 2.45) is 0 Å². The van der Waals surface area contributed by atoms with Crippen molar-refractivity contribution < 1.29 is 0 Å². The lowest BCUT2D eigenvalue weighted by molar-refractivity contribution is 0.400. The largest absolute Gasteiger partial charge is 0.321 e. The lowest BCUT2D eigenvalue weighted by atomic mass is 10.00. The monoisotopic (exact) mass is 242 g/mol. The standard InChI is InChI=1S/C12H14N6/c1-3-17-12(2,8-15)4-5-18-9-16-10(6-13)11(18)7-14/h9,17H,3-5H2,1-2H3. The van der Waals surface area contributed by atoms with Gasteiger partial charge in [0.2, 0.25) is 0 Å². The Morgan fingerprint density at radius 2 is 2.11 bits per heavy atom. The summed E-state index contributed by atoms with van der Waals surface area (Å²) in [5, 5.41) is 30.0. The van der Waals surface area contributed by atoms with Gasteiger partial charge in [-0.05, 0) is 19.9 Å². The maximum atomic E-state index is 9.12.